The normalized spacial score (nSPS) is 11.8. The summed E-state index contributed by atoms with van der Waals surface area (Å²) in [6, 6.07) is 40.0. The summed E-state index contributed by atoms with van der Waals surface area (Å²) in [5, 5.41) is 5.14. The van der Waals surface area contributed by atoms with Gasteiger partial charge in [-0.05, 0) is 72.0 Å². The van der Waals surface area contributed by atoms with E-state index in [0.29, 0.717) is 0 Å². The SMILES string of the molecule is CCCCc1ccccc1-n1c2ccccc2c2cc(-c3ccc4[nH]c5ccccc5c4c3)ccc21. The van der Waals surface area contributed by atoms with Crippen LogP contribution in [0.15, 0.2) is 109 Å². The molecule has 174 valence electrons. The van der Waals surface area contributed by atoms with Gasteiger partial charge in [0.1, 0.15) is 0 Å². The predicted octanol–water partition coefficient (Wildman–Crippen LogP) is 9.43. The lowest BCUT2D eigenvalue weighted by atomic mass is 10.0. The van der Waals surface area contributed by atoms with Crippen LogP contribution in [-0.4, -0.2) is 9.55 Å². The van der Waals surface area contributed by atoms with Crippen molar-refractivity contribution in [1.29, 1.82) is 0 Å². The molecule has 2 heteroatoms. The highest BCUT2D eigenvalue weighted by Gasteiger charge is 2.15. The van der Waals surface area contributed by atoms with Crippen molar-refractivity contribution in [2.24, 2.45) is 0 Å². The molecule has 0 aliphatic carbocycles. The lowest BCUT2D eigenvalue weighted by Gasteiger charge is -2.13. The molecule has 0 fully saturated rings. The lowest BCUT2D eigenvalue weighted by Crippen LogP contribution is -1.99. The van der Waals surface area contributed by atoms with E-state index in [0.717, 1.165) is 6.42 Å². The Morgan fingerprint density at radius 3 is 2.14 bits per heavy atom. The fraction of sp³-hybridized carbons (Fsp3) is 0.118. The maximum atomic E-state index is 3.55. The van der Waals surface area contributed by atoms with Gasteiger partial charge in [-0.1, -0.05) is 80.1 Å². The monoisotopic (exact) mass is 464 g/mol. The molecule has 36 heavy (non-hydrogen) atoms. The van der Waals surface area contributed by atoms with Crippen molar-refractivity contribution < 1.29 is 0 Å². The number of hydrogen-bond acceptors (Lipinski definition) is 0. The number of aromatic amines is 1. The van der Waals surface area contributed by atoms with Gasteiger partial charge in [0.15, 0.2) is 0 Å². The second-order valence-corrected chi connectivity index (χ2v) is 9.75. The van der Waals surface area contributed by atoms with Crippen molar-refractivity contribution in [3.63, 3.8) is 0 Å². The third-order valence-electron chi connectivity index (χ3n) is 7.54. The molecule has 0 saturated heterocycles. The van der Waals surface area contributed by atoms with Crippen LogP contribution in [-0.2, 0) is 6.42 Å². The number of nitrogens with zero attached hydrogens (tertiary/aromatic N) is 1. The Labute approximate surface area is 210 Å². The first-order valence-electron chi connectivity index (χ1n) is 12.9. The minimum absolute atomic E-state index is 1.10. The number of unbranched alkanes of at least 4 members (excludes halogenated alkanes) is 1. The van der Waals surface area contributed by atoms with Gasteiger partial charge in [0.25, 0.3) is 0 Å². The van der Waals surface area contributed by atoms with Crippen LogP contribution in [0.1, 0.15) is 25.3 Å². The highest BCUT2D eigenvalue weighted by atomic mass is 15.0. The first-order valence-corrected chi connectivity index (χ1v) is 12.9. The van der Waals surface area contributed by atoms with Crippen LogP contribution in [0.5, 0.6) is 0 Å². The molecule has 5 aromatic carbocycles. The molecule has 7 aromatic rings. The zero-order valence-electron chi connectivity index (χ0n) is 20.5. The van der Waals surface area contributed by atoms with Gasteiger partial charge in [0, 0.05) is 38.3 Å². The molecule has 2 nitrogen and oxygen atoms in total. The van der Waals surface area contributed by atoms with Crippen molar-refractivity contribution >= 4 is 43.6 Å². The molecular formula is C34H28N2. The zero-order chi connectivity index (χ0) is 24.1. The van der Waals surface area contributed by atoms with E-state index in [2.05, 4.69) is 126 Å². The summed E-state index contributed by atoms with van der Waals surface area (Å²) < 4.78 is 2.46. The quantitative estimate of drug-likeness (QED) is 0.262. The van der Waals surface area contributed by atoms with Crippen LogP contribution in [0.3, 0.4) is 0 Å². The van der Waals surface area contributed by atoms with E-state index in [-0.39, 0.29) is 0 Å². The number of aryl methyl sites for hydroxylation is 1. The molecule has 2 aromatic heterocycles. The fourth-order valence-electron chi connectivity index (χ4n) is 5.75. The van der Waals surface area contributed by atoms with Crippen LogP contribution in [0.2, 0.25) is 0 Å². The Kier molecular flexibility index (Phi) is 4.92. The van der Waals surface area contributed by atoms with E-state index in [1.807, 2.05) is 0 Å². The standard InChI is InChI=1S/C34H28N2/c1-2-3-10-23-11-4-8-15-32(23)36-33-16-9-6-13-27(33)29-22-25(18-20-34(29)36)24-17-19-31-28(21-24)26-12-5-7-14-30(26)35-31/h4-9,11-22,35H,2-3,10H2,1H3. The number of H-pyrrole nitrogens is 1. The number of benzene rings is 5. The van der Waals surface area contributed by atoms with Gasteiger partial charge in [0.05, 0.1) is 11.0 Å². The molecule has 0 atom stereocenters. The van der Waals surface area contributed by atoms with Crippen molar-refractivity contribution in [3.8, 4) is 16.8 Å². The summed E-state index contributed by atoms with van der Waals surface area (Å²) >= 11 is 0. The average molecular weight is 465 g/mol. The summed E-state index contributed by atoms with van der Waals surface area (Å²) in [6.45, 7) is 2.26. The Morgan fingerprint density at radius 1 is 0.583 bits per heavy atom. The number of fused-ring (bicyclic) bond motifs is 6. The van der Waals surface area contributed by atoms with E-state index in [1.54, 1.807) is 0 Å². The van der Waals surface area contributed by atoms with Gasteiger partial charge in [-0.25, -0.2) is 0 Å². The van der Waals surface area contributed by atoms with E-state index in [1.165, 1.54) is 78.8 Å². The minimum atomic E-state index is 1.10. The molecule has 7 rings (SSSR count). The molecule has 0 unspecified atom stereocenters. The van der Waals surface area contributed by atoms with Crippen LogP contribution in [0, 0.1) is 0 Å². The van der Waals surface area contributed by atoms with Crippen LogP contribution in [0.25, 0.3) is 60.4 Å². The van der Waals surface area contributed by atoms with Gasteiger partial charge in [0.2, 0.25) is 0 Å². The largest absolute Gasteiger partial charge is 0.355 e. The zero-order valence-corrected chi connectivity index (χ0v) is 20.5. The van der Waals surface area contributed by atoms with Gasteiger partial charge in [-0.15, -0.1) is 0 Å². The Hall–Kier alpha value is -4.30. The first-order chi connectivity index (χ1) is 17.8. The second kappa shape index (κ2) is 8.42. The van der Waals surface area contributed by atoms with E-state index in [4.69, 9.17) is 0 Å². The van der Waals surface area contributed by atoms with Crippen molar-refractivity contribution in [1.82, 2.24) is 9.55 Å². The highest BCUT2D eigenvalue weighted by Crippen LogP contribution is 2.37. The number of aromatic nitrogens is 2. The Balaban J connectivity index is 1.44. The molecule has 0 aliphatic rings. The molecule has 0 radical (unpaired) electrons. The lowest BCUT2D eigenvalue weighted by molar-refractivity contribution is 0.791. The molecule has 0 spiro atoms. The number of para-hydroxylation sites is 3. The van der Waals surface area contributed by atoms with Crippen molar-refractivity contribution in [3.05, 3.63) is 115 Å². The topological polar surface area (TPSA) is 20.7 Å². The van der Waals surface area contributed by atoms with Gasteiger partial charge < -0.3 is 9.55 Å². The van der Waals surface area contributed by atoms with E-state index in [9.17, 15) is 0 Å². The fourth-order valence-corrected chi connectivity index (χ4v) is 5.75. The molecule has 0 saturated carbocycles. The molecular weight excluding hydrogens is 436 g/mol. The Morgan fingerprint density at radius 2 is 1.25 bits per heavy atom. The number of rotatable bonds is 5. The van der Waals surface area contributed by atoms with Gasteiger partial charge >= 0.3 is 0 Å². The summed E-state index contributed by atoms with van der Waals surface area (Å²) in [7, 11) is 0. The van der Waals surface area contributed by atoms with Crippen molar-refractivity contribution in [2.45, 2.75) is 26.2 Å². The minimum Gasteiger partial charge on any atom is -0.355 e. The van der Waals surface area contributed by atoms with Gasteiger partial charge in [-0.3, -0.25) is 0 Å². The number of hydrogen-bond donors (Lipinski definition) is 1. The van der Waals surface area contributed by atoms with E-state index < -0.39 is 0 Å². The Bertz CT molecular complexity index is 1880. The molecule has 0 amide bonds. The van der Waals surface area contributed by atoms with Crippen LogP contribution in [0.4, 0.5) is 0 Å². The average Bonchev–Trinajstić information content (AvgIpc) is 3.47. The maximum absolute atomic E-state index is 3.55. The van der Waals surface area contributed by atoms with Crippen LogP contribution < -0.4 is 0 Å². The predicted molar refractivity (Wildman–Crippen MR) is 154 cm³/mol. The van der Waals surface area contributed by atoms with Crippen LogP contribution >= 0.6 is 0 Å². The summed E-state index contributed by atoms with van der Waals surface area (Å²) in [5.41, 5.74) is 10.1. The highest BCUT2D eigenvalue weighted by molar-refractivity contribution is 6.11. The molecule has 0 aliphatic heterocycles. The summed E-state index contributed by atoms with van der Waals surface area (Å²) in [5.74, 6) is 0. The summed E-state index contributed by atoms with van der Waals surface area (Å²) in [4.78, 5) is 3.55. The van der Waals surface area contributed by atoms with E-state index >= 15 is 0 Å². The smallest absolute Gasteiger partial charge is 0.0541 e. The third-order valence-corrected chi connectivity index (χ3v) is 7.54. The third kappa shape index (κ3) is 3.25. The first kappa shape index (κ1) is 21.0. The number of nitrogens with one attached hydrogen (secondary N) is 1. The summed E-state index contributed by atoms with van der Waals surface area (Å²) in [6.07, 6.45) is 3.50. The molecule has 2 heterocycles. The molecule has 0 bridgehead atoms. The second-order valence-electron chi connectivity index (χ2n) is 9.75. The molecule has 1 N–H and O–H groups in total. The van der Waals surface area contributed by atoms with Gasteiger partial charge in [-0.2, -0.15) is 0 Å². The maximum Gasteiger partial charge on any atom is 0.0541 e. The van der Waals surface area contributed by atoms with Crippen molar-refractivity contribution in [2.75, 3.05) is 0 Å².